The van der Waals surface area contributed by atoms with E-state index in [1.807, 2.05) is 71.1 Å². The Bertz CT molecular complexity index is 4490. The molecule has 1 atom stereocenters. The van der Waals surface area contributed by atoms with Crippen LogP contribution in [0.4, 0.5) is 0 Å². The molecule has 53 heteroatoms. The molecule has 4 N–H and O–H groups in total. The fourth-order valence-electron chi connectivity index (χ4n) is 10.3. The second kappa shape index (κ2) is 52.0. The number of hydrogen-bond donors (Lipinski definition) is 4. The number of pyridine rings is 4. The van der Waals surface area contributed by atoms with Gasteiger partial charge in [0.25, 0.3) is 30.0 Å². The highest BCUT2D eigenvalue weighted by Gasteiger charge is 2.30. The van der Waals surface area contributed by atoms with Gasteiger partial charge in [0.1, 0.15) is 60.3 Å². The van der Waals surface area contributed by atoms with Crippen molar-refractivity contribution in [3.63, 3.8) is 0 Å². The number of thiazole rings is 2. The molecule has 630 valence electrons. The first kappa shape index (κ1) is 96.8. The van der Waals surface area contributed by atoms with E-state index >= 15 is 0 Å². The number of nitro groups is 5. The average molecular weight is 1800 g/mol. The van der Waals surface area contributed by atoms with Gasteiger partial charge in [-0.25, -0.2) is 70.4 Å². The van der Waals surface area contributed by atoms with Gasteiger partial charge in [0.15, 0.2) is 40.1 Å². The number of aromatic nitrogens is 6. The van der Waals surface area contributed by atoms with E-state index in [1.54, 1.807) is 134 Å². The van der Waals surface area contributed by atoms with Crippen LogP contribution in [0.15, 0.2) is 128 Å². The lowest BCUT2D eigenvalue weighted by molar-refractivity contribution is -0.486. The van der Waals surface area contributed by atoms with Crippen LogP contribution in [0.5, 0.6) is 0 Å². The minimum atomic E-state index is -0.732. The summed E-state index contributed by atoms with van der Waals surface area (Å²) in [7, 11) is 10.5. The Morgan fingerprint density at radius 3 is 1.65 bits per heavy atom. The van der Waals surface area contributed by atoms with Gasteiger partial charge in [-0.15, -0.1) is 27.7 Å². The van der Waals surface area contributed by atoms with E-state index in [4.69, 9.17) is 89.6 Å². The molecular weight excluding hydrogens is 1720 g/mol. The topological polar surface area (TPSA) is 511 Å². The summed E-state index contributed by atoms with van der Waals surface area (Å²) < 4.78 is 11.3. The van der Waals surface area contributed by atoms with E-state index in [9.17, 15) is 50.6 Å². The Morgan fingerprint density at radius 1 is 0.650 bits per heavy atom. The molecule has 11 rings (SSSR count). The number of rotatable bonds is 22. The number of guanidine groups is 4. The Kier molecular flexibility index (Phi) is 43.0. The summed E-state index contributed by atoms with van der Waals surface area (Å²) in [6.07, 6.45) is 15.6. The fourth-order valence-corrected chi connectivity index (χ4v) is 13.6. The normalized spacial score (nSPS) is 16.6. The summed E-state index contributed by atoms with van der Waals surface area (Å²) in [5.41, 5.74) is 3.95. The van der Waals surface area contributed by atoms with Crippen molar-refractivity contribution in [2.24, 2.45) is 36.3 Å². The highest BCUT2D eigenvalue weighted by molar-refractivity contribution is 8.14. The van der Waals surface area contributed by atoms with Crippen molar-refractivity contribution in [3.05, 3.63) is 210 Å². The summed E-state index contributed by atoms with van der Waals surface area (Å²) in [6, 6.07) is 14.4. The molecule has 11 heterocycles. The van der Waals surface area contributed by atoms with Gasteiger partial charge in [-0.3, -0.25) is 15.0 Å². The van der Waals surface area contributed by atoms with E-state index in [0.717, 1.165) is 75.2 Å². The molecule has 0 saturated carbocycles. The third-order valence-corrected chi connectivity index (χ3v) is 19.6. The fraction of sp³-hybridized carbons (Fsp3) is 0.438. The highest BCUT2D eigenvalue weighted by Crippen LogP contribution is 2.25. The van der Waals surface area contributed by atoms with Crippen molar-refractivity contribution in [1.29, 1.82) is 10.5 Å². The molecule has 5 fully saturated rings. The van der Waals surface area contributed by atoms with Crippen molar-refractivity contribution < 1.29 is 34.5 Å². The number of hydrogen-bond acceptors (Lipinski definition) is 28. The van der Waals surface area contributed by atoms with Crippen LogP contribution < -0.4 is 21.3 Å². The third kappa shape index (κ3) is 37.3. The predicted molar refractivity (Wildman–Crippen MR) is 445 cm³/mol. The molecule has 0 aliphatic carbocycles. The zero-order chi connectivity index (χ0) is 85.9. The summed E-state index contributed by atoms with van der Waals surface area (Å²) in [5.74, 6) is 3.59. The van der Waals surface area contributed by atoms with Crippen molar-refractivity contribution in [2.75, 3.05) is 121 Å². The molecule has 5 aliphatic rings. The molecule has 117 heavy (non-hydrogen) atoms. The smallest absolute Gasteiger partial charge is 0.277 e. The second-order valence-corrected chi connectivity index (χ2v) is 30.3. The Labute approximate surface area is 713 Å². The van der Waals surface area contributed by atoms with Crippen molar-refractivity contribution in [2.45, 2.75) is 59.5 Å². The van der Waals surface area contributed by atoms with Crippen LogP contribution in [0.25, 0.3) is 0 Å². The number of thioether (sulfide) groups is 1. The summed E-state index contributed by atoms with van der Waals surface area (Å²) in [5, 5.41) is 93.1. The van der Waals surface area contributed by atoms with E-state index in [1.165, 1.54) is 22.7 Å². The molecule has 5 saturated heterocycles. The van der Waals surface area contributed by atoms with Crippen LogP contribution in [-0.4, -0.2) is 255 Å². The Hall–Kier alpha value is -10.8. The van der Waals surface area contributed by atoms with Crippen molar-refractivity contribution >= 4 is 139 Å². The number of nitrogens with zero attached hydrogens (tertiary/aromatic N) is 28. The van der Waals surface area contributed by atoms with E-state index in [0.29, 0.717) is 132 Å². The number of hydrazone groups is 4. The van der Waals surface area contributed by atoms with E-state index in [2.05, 4.69) is 86.5 Å². The standard InChI is InChI=1S/C11H15ClN4O2.C10H9ClN4S.C10H11ClN4.C9H13ClN6O2S.C9H10ClN5O2.C8H10ClN5O3S.C7H14N4O3/c1-3-15(11(13-2)8-16(17)18)7-9-4-5-10(12)14-6-9;11-9-2-1-8(5-13-9)6-15-3-4-16-10(15)14-7-12;1-8(14-7-12)15(2)6-9-3-4-10(11)13-5-9;1-13-5-14(2)9(12-16(17)18)15(6-13)4-7-3-11-8(10)19-7;10-8-2-1-7(5-12-8)6-14-4-3-11-9(14)13-15(16)17;1-12-4-17-5-13(8(12)11-14(15)16)3-6-2-10-7(9)18-6;1-8-7(10-11(12)13)9-4-6-2-3-14-5-6/h4-6,8,13H,3,7H2,1-2H3;1-2,5H,3-4,6H2;3-5H,6H2,1-2H3;3H,4-6H2,1-2H3;1-2,5H,3-4,6H2,(H,11,13);2H,3-5H2,1H3;6H,2-5H2,1H3,(H2,8,9,10)/b11-8+;;;12-9+;;11-8+;. The maximum atomic E-state index is 10.6. The molecule has 0 radical (unpaired) electrons. The SMILES string of the molecule is CC(=NC#N)N(C)Cc1ccc(Cl)nc1.CCN(Cc1ccc(Cl)nc1)/C(=C/[N+](=O)[O-])NC.CN/C(=N\[N+](=O)[O-])NCC1CCOC1.CN1CN(C)/C(=N\[N+](=O)[O-])N(Cc2cnc(Cl)s2)C1.CN1COCN(Cc2cnc(Cl)s2)/C1=N/[N+](=O)[O-].N#CN=C1SCCN1Cc1ccc(Cl)nc1.O=[N+]([O-])/N=C1\NCCN1Cc1ccc(Cl)nc1. The molecule has 0 amide bonds. The molecule has 1 unspecified atom stereocenters. The molecular formula is C64H82Cl6N32O12S3. The third-order valence-electron chi connectivity index (χ3n) is 15.5. The number of aliphatic imine (C=N–C) groups is 2. The molecule has 0 spiro atoms. The van der Waals surface area contributed by atoms with Gasteiger partial charge in [-0.1, -0.05) is 106 Å². The zero-order valence-electron chi connectivity index (χ0n) is 64.1. The molecule has 0 bridgehead atoms. The molecule has 44 nitrogen and oxygen atoms in total. The lowest BCUT2D eigenvalue weighted by Gasteiger charge is -2.39. The van der Waals surface area contributed by atoms with Gasteiger partial charge >= 0.3 is 0 Å². The summed E-state index contributed by atoms with van der Waals surface area (Å²) in [4.78, 5) is 101. The summed E-state index contributed by atoms with van der Waals surface area (Å²) in [6.45, 7) is 13.7. The summed E-state index contributed by atoms with van der Waals surface area (Å²) >= 11 is 38.6. The first-order valence-electron chi connectivity index (χ1n) is 34.4. The van der Waals surface area contributed by atoms with Gasteiger partial charge in [0, 0.05) is 159 Å². The van der Waals surface area contributed by atoms with Crippen LogP contribution >= 0.6 is 104 Å². The van der Waals surface area contributed by atoms with Crippen LogP contribution in [0.2, 0.25) is 29.5 Å². The second-order valence-electron chi connectivity index (χ2n) is 24.3. The van der Waals surface area contributed by atoms with Crippen LogP contribution in [-0.2, 0) is 48.7 Å². The lowest BCUT2D eigenvalue weighted by Crippen LogP contribution is -2.55. The van der Waals surface area contributed by atoms with E-state index in [-0.39, 0.29) is 31.3 Å². The van der Waals surface area contributed by atoms with Gasteiger partial charge in [0.2, 0.25) is 12.4 Å². The number of halogens is 6. The zero-order valence-corrected chi connectivity index (χ0v) is 71.1. The highest BCUT2D eigenvalue weighted by atomic mass is 35.5. The van der Waals surface area contributed by atoms with Gasteiger partial charge in [0.05, 0.1) is 38.0 Å². The minimum absolute atomic E-state index is 0.182. The van der Waals surface area contributed by atoms with Crippen molar-refractivity contribution in [3.8, 4) is 12.4 Å². The first-order chi connectivity index (χ1) is 55.9. The largest absolute Gasteiger partial charge is 0.381 e. The van der Waals surface area contributed by atoms with Gasteiger partial charge < -0.3 is 69.9 Å². The molecule has 0 aromatic carbocycles. The number of nitrogens with one attached hydrogen (secondary N) is 4. The van der Waals surface area contributed by atoms with E-state index < -0.39 is 25.1 Å². The van der Waals surface area contributed by atoms with Gasteiger partial charge in [-0.2, -0.15) is 15.5 Å². The Balaban J connectivity index is 0.000000244. The maximum Gasteiger partial charge on any atom is 0.277 e. The molecule has 5 aliphatic heterocycles. The quantitative estimate of drug-likeness (QED) is 0.0125. The number of amidine groups is 2. The maximum absolute atomic E-state index is 10.6. The number of nitriles is 2. The van der Waals surface area contributed by atoms with Crippen LogP contribution in [0.3, 0.4) is 0 Å². The lowest BCUT2D eigenvalue weighted by atomic mass is 10.1. The average Bonchev–Trinajstić information content (AvgIpc) is 1.67. The predicted octanol–water partition coefficient (Wildman–Crippen LogP) is 8.07. The van der Waals surface area contributed by atoms with Crippen molar-refractivity contribution in [1.82, 2.24) is 95.3 Å². The monoisotopic (exact) mass is 1800 g/mol. The molecule has 6 aromatic heterocycles. The van der Waals surface area contributed by atoms with Crippen LogP contribution in [0, 0.1) is 79.4 Å². The molecule has 6 aromatic rings. The van der Waals surface area contributed by atoms with Crippen LogP contribution in [0.1, 0.15) is 52.3 Å². The minimum Gasteiger partial charge on any atom is -0.381 e. The van der Waals surface area contributed by atoms with Gasteiger partial charge in [-0.05, 0) is 73.8 Å². The Morgan fingerprint density at radius 2 is 1.19 bits per heavy atom. The number of ether oxygens (including phenoxy) is 2. The first-order valence-corrected chi connectivity index (χ1v) is 39.2.